The van der Waals surface area contributed by atoms with Crippen LogP contribution in [0.1, 0.15) is 36.5 Å². The fourth-order valence-electron chi connectivity index (χ4n) is 2.41. The van der Waals surface area contributed by atoms with Crippen molar-refractivity contribution in [2.24, 2.45) is 0 Å². The Morgan fingerprint density at radius 2 is 2.09 bits per heavy atom. The van der Waals surface area contributed by atoms with E-state index >= 15 is 0 Å². The third-order valence-electron chi connectivity index (χ3n) is 3.57. The Bertz CT molecular complexity index is 673. The van der Waals surface area contributed by atoms with Crippen LogP contribution >= 0.6 is 0 Å². The summed E-state index contributed by atoms with van der Waals surface area (Å²) in [6, 6.07) is 1.50. The molecule has 1 aromatic rings. The summed E-state index contributed by atoms with van der Waals surface area (Å²) in [6.45, 7) is 5.54. The molecule has 122 valence electrons. The van der Waals surface area contributed by atoms with E-state index in [0.717, 1.165) is 0 Å². The number of carbonyl (C=O) groups excluding carboxylic acids is 1. The molecular formula is C14H22N4O3S. The van der Waals surface area contributed by atoms with Crippen molar-refractivity contribution in [1.82, 2.24) is 15.3 Å². The predicted molar refractivity (Wildman–Crippen MR) is 84.8 cm³/mol. The van der Waals surface area contributed by atoms with Gasteiger partial charge in [0, 0.05) is 24.8 Å². The van der Waals surface area contributed by atoms with Crippen molar-refractivity contribution < 1.29 is 13.2 Å². The maximum absolute atomic E-state index is 12.1. The zero-order valence-corrected chi connectivity index (χ0v) is 14.1. The van der Waals surface area contributed by atoms with Crippen LogP contribution in [0.15, 0.2) is 6.07 Å². The lowest BCUT2D eigenvalue weighted by Gasteiger charge is -2.24. The van der Waals surface area contributed by atoms with Gasteiger partial charge in [0.2, 0.25) is 5.95 Å². The molecule has 1 N–H and O–H groups in total. The second-order valence-electron chi connectivity index (χ2n) is 5.99. The summed E-state index contributed by atoms with van der Waals surface area (Å²) in [5.74, 6) is 0.424. The predicted octanol–water partition coefficient (Wildman–Crippen LogP) is 0.547. The summed E-state index contributed by atoms with van der Waals surface area (Å²) in [5.41, 5.74) is 0.968. The van der Waals surface area contributed by atoms with Crippen LogP contribution in [-0.4, -0.2) is 54.9 Å². The molecule has 2 rings (SSSR count). The van der Waals surface area contributed by atoms with Gasteiger partial charge in [0.15, 0.2) is 9.84 Å². The van der Waals surface area contributed by atoms with Gasteiger partial charge in [-0.2, -0.15) is 0 Å². The van der Waals surface area contributed by atoms with E-state index in [9.17, 15) is 13.2 Å². The number of aromatic nitrogens is 2. The molecule has 22 heavy (non-hydrogen) atoms. The van der Waals surface area contributed by atoms with Gasteiger partial charge >= 0.3 is 0 Å². The number of nitrogens with one attached hydrogen (secondary N) is 1. The van der Waals surface area contributed by atoms with E-state index in [1.807, 2.05) is 13.8 Å². The quantitative estimate of drug-likeness (QED) is 0.868. The second-order valence-corrected chi connectivity index (χ2v) is 8.22. The summed E-state index contributed by atoms with van der Waals surface area (Å²) < 4.78 is 23.2. The van der Waals surface area contributed by atoms with E-state index in [0.29, 0.717) is 23.8 Å². The highest BCUT2D eigenvalue weighted by molar-refractivity contribution is 7.91. The average molecular weight is 326 g/mol. The van der Waals surface area contributed by atoms with Crippen LogP contribution in [0.2, 0.25) is 0 Å². The van der Waals surface area contributed by atoms with E-state index in [2.05, 4.69) is 15.3 Å². The number of amides is 1. The summed E-state index contributed by atoms with van der Waals surface area (Å²) >= 11 is 0. The fourth-order valence-corrected chi connectivity index (χ4v) is 4.18. The van der Waals surface area contributed by atoms with Crippen molar-refractivity contribution in [1.29, 1.82) is 0 Å². The van der Waals surface area contributed by atoms with Gasteiger partial charge < -0.3 is 10.2 Å². The van der Waals surface area contributed by atoms with Gasteiger partial charge in [0.1, 0.15) is 5.69 Å². The fraction of sp³-hybridized carbons (Fsp3) is 0.643. The Morgan fingerprint density at radius 1 is 1.41 bits per heavy atom. The lowest BCUT2D eigenvalue weighted by molar-refractivity contribution is 0.0938. The summed E-state index contributed by atoms with van der Waals surface area (Å²) in [5, 5.41) is 2.79. The van der Waals surface area contributed by atoms with Crippen LogP contribution in [0.4, 0.5) is 5.95 Å². The molecule has 0 bridgehead atoms. The summed E-state index contributed by atoms with van der Waals surface area (Å²) in [6.07, 6.45) is 0.559. The molecule has 0 aromatic carbocycles. The van der Waals surface area contributed by atoms with Gasteiger partial charge in [0.05, 0.1) is 11.5 Å². The Hall–Kier alpha value is -1.70. The molecule has 1 aromatic heterocycles. The van der Waals surface area contributed by atoms with Crippen molar-refractivity contribution in [3.8, 4) is 0 Å². The molecule has 1 aliphatic rings. The third kappa shape index (κ3) is 3.94. The molecule has 0 radical (unpaired) electrons. The van der Waals surface area contributed by atoms with Crippen LogP contribution in [-0.2, 0) is 9.84 Å². The van der Waals surface area contributed by atoms with Gasteiger partial charge in [0.25, 0.3) is 5.91 Å². The first-order valence-electron chi connectivity index (χ1n) is 7.28. The Labute approximate surface area is 131 Å². The van der Waals surface area contributed by atoms with Gasteiger partial charge in [-0.25, -0.2) is 18.4 Å². The molecule has 1 amide bonds. The van der Waals surface area contributed by atoms with Crippen LogP contribution in [0, 0.1) is 6.92 Å². The minimum Gasteiger partial charge on any atom is -0.349 e. The highest BCUT2D eigenvalue weighted by atomic mass is 32.2. The van der Waals surface area contributed by atoms with Gasteiger partial charge in [-0.05, 0) is 33.3 Å². The van der Waals surface area contributed by atoms with Crippen LogP contribution < -0.4 is 10.2 Å². The molecule has 1 fully saturated rings. The zero-order chi connectivity index (χ0) is 16.5. The van der Waals surface area contributed by atoms with Gasteiger partial charge in [-0.15, -0.1) is 0 Å². The third-order valence-corrected chi connectivity index (χ3v) is 5.32. The highest BCUT2D eigenvalue weighted by Crippen LogP contribution is 2.20. The molecule has 7 nitrogen and oxygen atoms in total. The molecule has 1 atom stereocenters. The minimum absolute atomic E-state index is 0.0175. The molecule has 8 heteroatoms. The number of aryl methyl sites for hydroxylation is 1. The molecule has 1 saturated heterocycles. The number of rotatable bonds is 4. The molecule has 0 saturated carbocycles. The molecule has 1 aliphatic heterocycles. The SMILES string of the molecule is Cc1cc(C(=O)NC(C)C)nc(N(C)C2CCS(=O)(=O)C2)n1. The maximum Gasteiger partial charge on any atom is 0.270 e. The van der Waals surface area contributed by atoms with Crippen molar-refractivity contribution in [2.75, 3.05) is 23.5 Å². The first-order chi connectivity index (χ1) is 10.2. The Kier molecular flexibility index (Phi) is 4.69. The van der Waals surface area contributed by atoms with E-state index in [1.54, 1.807) is 24.9 Å². The van der Waals surface area contributed by atoms with Gasteiger partial charge in [-0.1, -0.05) is 0 Å². The van der Waals surface area contributed by atoms with Crippen LogP contribution in [0.5, 0.6) is 0 Å². The van der Waals surface area contributed by atoms with E-state index in [-0.39, 0.29) is 29.5 Å². The highest BCUT2D eigenvalue weighted by Gasteiger charge is 2.32. The average Bonchev–Trinajstić information content (AvgIpc) is 2.76. The number of hydrogen-bond acceptors (Lipinski definition) is 6. The first kappa shape index (κ1) is 16.7. The largest absolute Gasteiger partial charge is 0.349 e. The molecular weight excluding hydrogens is 304 g/mol. The van der Waals surface area contributed by atoms with Crippen LogP contribution in [0.3, 0.4) is 0 Å². The van der Waals surface area contributed by atoms with E-state index in [4.69, 9.17) is 0 Å². The standard InChI is InChI=1S/C14H22N4O3S/c1-9(2)15-13(19)12-7-10(3)16-14(17-12)18(4)11-5-6-22(20,21)8-11/h7,9,11H,5-6,8H2,1-4H3,(H,15,19). The van der Waals surface area contributed by atoms with E-state index in [1.165, 1.54) is 0 Å². The van der Waals surface area contributed by atoms with E-state index < -0.39 is 9.84 Å². The number of anilines is 1. The summed E-state index contributed by atoms with van der Waals surface area (Å²) in [4.78, 5) is 22.5. The Morgan fingerprint density at radius 3 is 2.64 bits per heavy atom. The molecule has 0 spiro atoms. The number of carbonyl (C=O) groups is 1. The van der Waals surface area contributed by atoms with Crippen molar-refractivity contribution >= 4 is 21.7 Å². The second kappa shape index (κ2) is 6.20. The number of nitrogens with zero attached hydrogens (tertiary/aromatic N) is 3. The first-order valence-corrected chi connectivity index (χ1v) is 9.10. The zero-order valence-electron chi connectivity index (χ0n) is 13.3. The summed E-state index contributed by atoms with van der Waals surface area (Å²) in [7, 11) is -1.21. The maximum atomic E-state index is 12.1. The lowest BCUT2D eigenvalue weighted by Crippen LogP contribution is -2.35. The monoisotopic (exact) mass is 326 g/mol. The van der Waals surface area contributed by atoms with Crippen molar-refractivity contribution in [3.05, 3.63) is 17.5 Å². The number of sulfone groups is 1. The Balaban J connectivity index is 2.24. The lowest BCUT2D eigenvalue weighted by atomic mass is 10.2. The molecule has 0 aliphatic carbocycles. The van der Waals surface area contributed by atoms with Crippen molar-refractivity contribution in [3.63, 3.8) is 0 Å². The molecule has 2 heterocycles. The van der Waals surface area contributed by atoms with Gasteiger partial charge in [-0.3, -0.25) is 4.79 Å². The van der Waals surface area contributed by atoms with Crippen molar-refractivity contribution in [2.45, 2.75) is 39.3 Å². The van der Waals surface area contributed by atoms with Crippen LogP contribution in [0.25, 0.3) is 0 Å². The topological polar surface area (TPSA) is 92.3 Å². The molecule has 1 unspecified atom stereocenters. The normalized spacial score (nSPS) is 20.1. The smallest absolute Gasteiger partial charge is 0.270 e. The number of hydrogen-bond donors (Lipinski definition) is 1. The minimum atomic E-state index is -2.98.